The number of guanidine groups is 1. The molecule has 0 unspecified atom stereocenters. The van der Waals surface area contributed by atoms with Crippen molar-refractivity contribution in [1.29, 1.82) is 5.41 Å². The molecule has 2 saturated heterocycles. The van der Waals surface area contributed by atoms with Gasteiger partial charge in [-0.3, -0.25) is 58.1 Å². The van der Waals surface area contributed by atoms with E-state index in [1.54, 1.807) is 13.8 Å². The Morgan fingerprint density at radius 1 is 0.602 bits per heavy atom. The summed E-state index contributed by atoms with van der Waals surface area (Å²) < 4.78 is 0. The third kappa shape index (κ3) is 23.9. The number of hydrogen-bond acceptors (Lipinski definition) is 20. The quantitative estimate of drug-likeness (QED) is 0.0119. The molecule has 0 spiro atoms. The average Bonchev–Trinajstić information content (AvgIpc) is 4.25. The van der Waals surface area contributed by atoms with Gasteiger partial charge in [0.05, 0.1) is 25.4 Å². The van der Waals surface area contributed by atoms with Crippen LogP contribution in [0.25, 0.3) is 0 Å². The fraction of sp³-hybridized carbons (Fsp3) is 0.735. The Bertz CT molecular complexity index is 2270. The lowest BCUT2D eigenvalue weighted by molar-refractivity contribution is -0.148. The molecule has 0 aromatic carbocycles. The molecular weight excluding hydrogens is 1130 g/mol. The smallest absolute Gasteiger partial charge is 0.328 e. The van der Waals surface area contributed by atoms with Gasteiger partial charge in [-0.25, -0.2) is 4.79 Å². The van der Waals surface area contributed by atoms with Crippen LogP contribution in [-0.4, -0.2) is 231 Å². The van der Waals surface area contributed by atoms with Gasteiger partial charge in [-0.1, -0.05) is 13.8 Å². The van der Waals surface area contributed by atoms with Crippen LogP contribution in [-0.2, 0) is 57.5 Å². The summed E-state index contributed by atoms with van der Waals surface area (Å²) in [5.41, 5.74) is 22.2. The third-order valence-electron chi connectivity index (χ3n) is 13.5. The van der Waals surface area contributed by atoms with Gasteiger partial charge < -0.3 is 101 Å². The SMILES string of the molecule is CC(C)C[C@H](NC(=O)[C@H](CO)NC(=O)[C@H](CCCCN)NC(=O)[C@@H](NC(=O)[C@H](CS)NC(=O)[C@@H](N)CCCNC(=N)N)[C@@H](C)O)C(=O)N1CCC[C@H]1C(=O)N1CCC[C@H]1C(=O)N[C@@H](CCC(N)=O)C(=O)N[C@@H](CS)C(=O)N[C@@H](CO)C(=O)O. The van der Waals surface area contributed by atoms with Crippen LogP contribution in [0.1, 0.15) is 97.8 Å². The zero-order valence-electron chi connectivity index (χ0n) is 46.9. The number of aliphatic carboxylic acids is 1. The topological polar surface area (TPSA) is 528 Å². The number of carboxylic acids is 1. The zero-order chi connectivity index (χ0) is 62.7. The molecule has 83 heavy (non-hydrogen) atoms. The van der Waals surface area contributed by atoms with Crippen LogP contribution < -0.4 is 70.8 Å². The molecule has 34 heteroatoms. The highest BCUT2D eigenvalue weighted by Crippen LogP contribution is 2.27. The Hall–Kier alpha value is -6.59. The van der Waals surface area contributed by atoms with E-state index in [0.29, 0.717) is 25.7 Å². The largest absolute Gasteiger partial charge is 0.480 e. The zero-order valence-corrected chi connectivity index (χ0v) is 48.7. The first kappa shape index (κ1) is 72.5. The lowest BCUT2D eigenvalue weighted by Crippen LogP contribution is -2.62. The van der Waals surface area contributed by atoms with Gasteiger partial charge in [-0.15, -0.1) is 0 Å². The van der Waals surface area contributed by atoms with Crippen molar-refractivity contribution in [2.45, 2.75) is 170 Å². The maximum atomic E-state index is 14.5. The summed E-state index contributed by atoms with van der Waals surface area (Å²) in [5.74, 6) is -12.3. The molecule has 0 bridgehead atoms. The molecule has 11 amide bonds. The van der Waals surface area contributed by atoms with E-state index < -0.39 is 163 Å². The maximum Gasteiger partial charge on any atom is 0.328 e. The second kappa shape index (κ2) is 36.9. The lowest BCUT2D eigenvalue weighted by Gasteiger charge is -2.34. The number of primary amides is 1. The molecule has 32 nitrogen and oxygen atoms in total. The standard InChI is InChI=1S/C49H86N16O16S2/c1-24(2)19-29(46(78)65-18-8-12-35(65)47(79)64-17-7-11-34(64)44(76)56-28(13-14-36(52)69)40(72)62-32(22-82)42(74)60-31(21-67)48(80)81)58-41(73)30(20-66)59-39(71)27(10-4-5-15-50)57-45(77)37(25(3)68)63-43(75)33(23-83)61-38(70)26(51)9-6-16-55-49(53)54/h24-35,37,66-68,82-83H,4-23,50-51H2,1-3H3,(H2,52,69)(H,56,76)(H,57,77)(H,58,73)(H,59,71)(H,60,74)(H,61,70)(H,62,72)(H,63,75)(H,80,81)(H4,53,54,55)/t25-,26+,27+,28+,29+,30+,31+,32+,33+,34+,35+,37+/m1/s1. The van der Waals surface area contributed by atoms with E-state index in [2.05, 4.69) is 73.1 Å². The molecule has 22 N–H and O–H groups in total. The molecule has 2 rings (SSSR count). The number of aliphatic hydroxyl groups excluding tert-OH is 3. The molecule has 0 aromatic heterocycles. The van der Waals surface area contributed by atoms with Crippen LogP contribution in [0.4, 0.5) is 0 Å². The Balaban J connectivity index is 2.27. The molecular formula is C49H86N16O16S2. The van der Waals surface area contributed by atoms with Crippen molar-refractivity contribution in [3.8, 4) is 0 Å². The maximum absolute atomic E-state index is 14.5. The number of nitrogens with one attached hydrogen (secondary N) is 10. The number of amides is 11. The van der Waals surface area contributed by atoms with E-state index in [-0.39, 0.29) is 94.5 Å². The van der Waals surface area contributed by atoms with Crippen LogP contribution in [0.3, 0.4) is 0 Å². The van der Waals surface area contributed by atoms with Crippen LogP contribution in [0.2, 0.25) is 0 Å². The number of hydrogen-bond donors (Lipinski definition) is 20. The highest BCUT2D eigenvalue weighted by atomic mass is 32.1. The summed E-state index contributed by atoms with van der Waals surface area (Å²) in [6.45, 7) is 3.33. The van der Waals surface area contributed by atoms with E-state index >= 15 is 0 Å². The van der Waals surface area contributed by atoms with Crippen molar-refractivity contribution in [3.63, 3.8) is 0 Å². The van der Waals surface area contributed by atoms with E-state index in [1.165, 1.54) is 16.7 Å². The van der Waals surface area contributed by atoms with Crippen molar-refractivity contribution in [1.82, 2.24) is 57.7 Å². The van der Waals surface area contributed by atoms with Gasteiger partial charge in [-0.05, 0) is 90.0 Å². The highest BCUT2D eigenvalue weighted by Gasteiger charge is 2.45. The molecule has 0 radical (unpaired) electrons. The van der Waals surface area contributed by atoms with Crippen LogP contribution in [0, 0.1) is 11.3 Å². The first-order valence-corrected chi connectivity index (χ1v) is 28.6. The molecule has 2 aliphatic rings. The first-order valence-electron chi connectivity index (χ1n) is 27.4. The Morgan fingerprint density at radius 3 is 1.63 bits per heavy atom. The number of likely N-dealkylation sites (tertiary alicyclic amines) is 2. The van der Waals surface area contributed by atoms with Crippen molar-refractivity contribution < 1.29 is 78.0 Å². The molecule has 0 aliphatic carbocycles. The number of unbranched alkanes of at least 4 members (excludes halogenated alkanes) is 1. The molecule has 12 atom stereocenters. The Labute approximate surface area is 491 Å². The van der Waals surface area contributed by atoms with Crippen molar-refractivity contribution in [2.75, 3.05) is 50.9 Å². The van der Waals surface area contributed by atoms with Gasteiger partial charge in [0.25, 0.3) is 0 Å². The predicted octanol–water partition coefficient (Wildman–Crippen LogP) is -7.81. The van der Waals surface area contributed by atoms with E-state index in [0.717, 1.165) is 0 Å². The van der Waals surface area contributed by atoms with Crippen molar-refractivity contribution >= 4 is 102 Å². The summed E-state index contributed by atoms with van der Waals surface area (Å²) in [5, 5.41) is 68.6. The van der Waals surface area contributed by atoms with Crippen molar-refractivity contribution in [2.24, 2.45) is 28.9 Å². The van der Waals surface area contributed by atoms with Gasteiger partial charge in [0, 0.05) is 37.6 Å². The minimum absolute atomic E-state index is 0.0175. The monoisotopic (exact) mass is 1220 g/mol. The van der Waals surface area contributed by atoms with E-state index in [4.69, 9.17) is 28.3 Å². The van der Waals surface area contributed by atoms with Crippen molar-refractivity contribution in [3.05, 3.63) is 0 Å². The fourth-order valence-electron chi connectivity index (χ4n) is 8.99. The third-order valence-corrected chi connectivity index (χ3v) is 14.3. The van der Waals surface area contributed by atoms with E-state index in [1.807, 2.05) is 0 Å². The van der Waals surface area contributed by atoms with Gasteiger partial charge in [-0.2, -0.15) is 25.3 Å². The number of nitrogens with zero attached hydrogens (tertiary/aromatic N) is 2. The molecule has 470 valence electrons. The van der Waals surface area contributed by atoms with Gasteiger partial charge in [0.1, 0.15) is 60.4 Å². The summed E-state index contributed by atoms with van der Waals surface area (Å²) in [6.07, 6.45) is -0.268. The molecule has 2 aliphatic heterocycles. The first-order chi connectivity index (χ1) is 39.1. The Kier molecular flexibility index (Phi) is 32.2. The van der Waals surface area contributed by atoms with Gasteiger partial charge >= 0.3 is 5.97 Å². The number of thiol groups is 2. The summed E-state index contributed by atoms with van der Waals surface area (Å²) in [7, 11) is 0. The summed E-state index contributed by atoms with van der Waals surface area (Å²) >= 11 is 8.19. The number of aliphatic hydroxyl groups is 3. The van der Waals surface area contributed by atoms with Gasteiger partial charge in [0.2, 0.25) is 65.0 Å². The normalized spacial score (nSPS) is 18.5. The number of rotatable bonds is 37. The molecule has 0 aromatic rings. The fourth-order valence-corrected chi connectivity index (χ4v) is 9.51. The molecule has 0 saturated carbocycles. The molecule has 2 fully saturated rings. The minimum atomic E-state index is -1.71. The lowest BCUT2D eigenvalue weighted by atomic mass is 10.0. The highest BCUT2D eigenvalue weighted by molar-refractivity contribution is 7.80. The number of carboxylic acid groups (broad SMARTS) is 1. The second-order valence-electron chi connectivity index (χ2n) is 20.6. The molecule has 2 heterocycles. The number of carbonyl (C=O) groups excluding carboxylic acids is 11. The van der Waals surface area contributed by atoms with E-state index in [9.17, 15) is 78.0 Å². The van der Waals surface area contributed by atoms with Gasteiger partial charge in [0.15, 0.2) is 5.96 Å². The van der Waals surface area contributed by atoms with Crippen LogP contribution >= 0.6 is 25.3 Å². The summed E-state index contributed by atoms with van der Waals surface area (Å²) in [4.78, 5) is 163. The minimum Gasteiger partial charge on any atom is -0.480 e. The average molecular weight is 1220 g/mol. The number of nitrogens with two attached hydrogens (primary N) is 4. The summed E-state index contributed by atoms with van der Waals surface area (Å²) in [6, 6.07) is -15.5. The van der Waals surface area contributed by atoms with Crippen LogP contribution in [0.15, 0.2) is 0 Å². The second-order valence-corrected chi connectivity index (χ2v) is 21.3. The van der Waals surface area contributed by atoms with Crippen LogP contribution in [0.5, 0.6) is 0 Å². The Morgan fingerprint density at radius 2 is 1.10 bits per heavy atom. The number of carbonyl (C=O) groups is 12. The predicted molar refractivity (Wildman–Crippen MR) is 304 cm³/mol.